The van der Waals surface area contributed by atoms with Gasteiger partial charge in [0.25, 0.3) is 0 Å². The van der Waals surface area contributed by atoms with E-state index in [1.807, 2.05) is 0 Å². The number of anilines is 4. The number of methoxy groups -OCH3 is 1. The zero-order valence-corrected chi connectivity index (χ0v) is 14.1. The molecule has 4 rings (SSSR count). The number of rotatable bonds is 5. The monoisotopic (exact) mass is 367 g/mol. The molecule has 4 aromatic rings. The molecule has 0 aliphatic rings. The fraction of sp³-hybridized carbons (Fsp3) is 0.0556. The minimum Gasteiger partial charge on any atom is -0.497 e. The van der Waals surface area contributed by atoms with Crippen LogP contribution in [-0.4, -0.2) is 22.1 Å². The Morgan fingerprint density at radius 2 is 1.89 bits per heavy atom. The molecule has 0 bridgehead atoms. The molecule has 0 saturated heterocycles. The predicted molar refractivity (Wildman–Crippen MR) is 98.4 cm³/mol. The van der Waals surface area contributed by atoms with Crippen LogP contribution in [0.25, 0.3) is 11.1 Å². The van der Waals surface area contributed by atoms with Crippen molar-refractivity contribution < 1.29 is 13.5 Å². The van der Waals surface area contributed by atoms with E-state index >= 15 is 0 Å². The lowest BCUT2D eigenvalue weighted by Gasteiger charge is -2.10. The molecular weight excluding hydrogens is 353 g/mol. The summed E-state index contributed by atoms with van der Waals surface area (Å²) in [6.07, 6.45) is 1.07. The molecule has 2 heterocycles. The lowest BCUT2D eigenvalue weighted by Crippen LogP contribution is -2.03. The number of oxazole rings is 1. The summed E-state index contributed by atoms with van der Waals surface area (Å²) < 4.78 is 24.1. The SMILES string of the molecule is COc1ccc(Nc2ncc(F)c(Nc3ccc4oc(=O)[nH]c4c3)n2)cc1. The highest BCUT2D eigenvalue weighted by Gasteiger charge is 2.09. The molecule has 0 radical (unpaired) electrons. The van der Waals surface area contributed by atoms with Gasteiger partial charge < -0.3 is 19.8 Å². The maximum Gasteiger partial charge on any atom is 0.417 e. The molecule has 0 spiro atoms. The second-order valence-corrected chi connectivity index (χ2v) is 5.59. The number of benzene rings is 2. The van der Waals surface area contributed by atoms with Crippen LogP contribution in [0.4, 0.5) is 27.5 Å². The fourth-order valence-corrected chi connectivity index (χ4v) is 2.48. The van der Waals surface area contributed by atoms with E-state index in [1.165, 1.54) is 0 Å². The number of nitrogens with one attached hydrogen (secondary N) is 3. The van der Waals surface area contributed by atoms with Crippen molar-refractivity contribution in [3.63, 3.8) is 0 Å². The van der Waals surface area contributed by atoms with E-state index < -0.39 is 11.6 Å². The quantitative estimate of drug-likeness (QED) is 0.495. The largest absolute Gasteiger partial charge is 0.497 e. The number of nitrogens with zero attached hydrogens (tertiary/aromatic N) is 2. The summed E-state index contributed by atoms with van der Waals surface area (Å²) in [5.41, 5.74) is 2.17. The molecule has 0 fully saturated rings. The van der Waals surface area contributed by atoms with E-state index in [4.69, 9.17) is 9.15 Å². The topological polar surface area (TPSA) is 105 Å². The van der Waals surface area contributed by atoms with Crippen molar-refractivity contribution >= 4 is 34.2 Å². The number of ether oxygens (including phenoxy) is 1. The first-order valence-corrected chi connectivity index (χ1v) is 7.94. The minimum absolute atomic E-state index is 0.00814. The predicted octanol–water partition coefficient (Wildman–Crippen LogP) is 3.55. The number of fused-ring (bicyclic) bond motifs is 1. The van der Waals surface area contributed by atoms with Gasteiger partial charge in [-0.25, -0.2) is 14.2 Å². The highest BCUT2D eigenvalue weighted by molar-refractivity contribution is 5.78. The molecule has 0 aliphatic heterocycles. The molecule has 0 saturated carbocycles. The third kappa shape index (κ3) is 3.56. The maximum absolute atomic E-state index is 14.1. The Labute approximate surface area is 152 Å². The van der Waals surface area contributed by atoms with Crippen molar-refractivity contribution in [3.8, 4) is 5.75 Å². The molecule has 27 heavy (non-hydrogen) atoms. The molecular formula is C18H14FN5O3. The molecule has 0 unspecified atom stereocenters. The Balaban J connectivity index is 1.58. The van der Waals surface area contributed by atoms with Gasteiger partial charge in [0.15, 0.2) is 17.2 Å². The average molecular weight is 367 g/mol. The van der Waals surface area contributed by atoms with Gasteiger partial charge in [-0.2, -0.15) is 4.98 Å². The summed E-state index contributed by atoms with van der Waals surface area (Å²) >= 11 is 0. The zero-order chi connectivity index (χ0) is 18.8. The summed E-state index contributed by atoms with van der Waals surface area (Å²) in [7, 11) is 1.58. The van der Waals surface area contributed by atoms with Crippen LogP contribution in [0.2, 0.25) is 0 Å². The van der Waals surface area contributed by atoms with Crippen LogP contribution < -0.4 is 21.1 Å². The number of halogens is 1. The molecule has 3 N–H and O–H groups in total. The summed E-state index contributed by atoms with van der Waals surface area (Å²) in [5, 5.41) is 5.86. The second-order valence-electron chi connectivity index (χ2n) is 5.59. The van der Waals surface area contributed by atoms with Crippen molar-refractivity contribution in [2.75, 3.05) is 17.7 Å². The van der Waals surface area contributed by atoms with Crippen molar-refractivity contribution in [3.05, 3.63) is 65.0 Å². The Hall–Kier alpha value is -3.88. The summed E-state index contributed by atoms with van der Waals surface area (Å²) in [6, 6.07) is 12.0. The van der Waals surface area contributed by atoms with Crippen LogP contribution in [-0.2, 0) is 0 Å². The normalized spacial score (nSPS) is 10.7. The van der Waals surface area contributed by atoms with Crippen LogP contribution in [0.1, 0.15) is 0 Å². The van der Waals surface area contributed by atoms with Gasteiger partial charge in [0.2, 0.25) is 5.95 Å². The summed E-state index contributed by atoms with van der Waals surface area (Å²) in [5.74, 6) is -0.235. The van der Waals surface area contributed by atoms with E-state index in [0.29, 0.717) is 16.8 Å². The van der Waals surface area contributed by atoms with Gasteiger partial charge >= 0.3 is 5.76 Å². The molecule has 136 valence electrons. The van der Waals surface area contributed by atoms with Crippen molar-refractivity contribution in [1.29, 1.82) is 0 Å². The standard InChI is InChI=1S/C18H14FN5O3/c1-26-12-5-2-10(3-6-12)22-17-20-9-13(19)16(24-17)21-11-4-7-15-14(8-11)23-18(25)27-15/h2-9H,1H3,(H,23,25)(H2,20,21,22,24). The first kappa shape index (κ1) is 16.6. The highest BCUT2D eigenvalue weighted by Crippen LogP contribution is 2.23. The number of hydrogen-bond acceptors (Lipinski definition) is 7. The highest BCUT2D eigenvalue weighted by atomic mass is 19.1. The molecule has 8 nitrogen and oxygen atoms in total. The molecule has 0 atom stereocenters. The van der Waals surface area contributed by atoms with Gasteiger partial charge in [0.05, 0.1) is 18.8 Å². The van der Waals surface area contributed by atoms with Gasteiger partial charge in [-0.3, -0.25) is 4.98 Å². The first-order valence-electron chi connectivity index (χ1n) is 7.94. The van der Waals surface area contributed by atoms with Gasteiger partial charge in [-0.15, -0.1) is 0 Å². The first-order chi connectivity index (χ1) is 13.1. The van der Waals surface area contributed by atoms with Crippen LogP contribution in [0, 0.1) is 5.82 Å². The van der Waals surface area contributed by atoms with Crippen LogP contribution >= 0.6 is 0 Å². The van der Waals surface area contributed by atoms with Crippen LogP contribution in [0.5, 0.6) is 5.75 Å². The minimum atomic E-state index is -0.615. The van der Waals surface area contributed by atoms with E-state index in [1.54, 1.807) is 49.6 Å². The van der Waals surface area contributed by atoms with Gasteiger partial charge in [-0.1, -0.05) is 0 Å². The van der Waals surface area contributed by atoms with E-state index in [2.05, 4.69) is 25.6 Å². The number of aromatic amines is 1. The maximum atomic E-state index is 14.1. The Bertz CT molecular complexity index is 1150. The molecule has 2 aromatic carbocycles. The molecule has 0 amide bonds. The molecule has 9 heteroatoms. The number of aromatic nitrogens is 3. The van der Waals surface area contributed by atoms with Crippen LogP contribution in [0.15, 0.2) is 57.9 Å². The van der Waals surface area contributed by atoms with E-state index in [9.17, 15) is 9.18 Å². The van der Waals surface area contributed by atoms with E-state index in [0.717, 1.165) is 17.6 Å². The fourth-order valence-electron chi connectivity index (χ4n) is 2.48. The molecule has 0 aliphatic carbocycles. The van der Waals surface area contributed by atoms with Crippen molar-refractivity contribution in [2.24, 2.45) is 0 Å². The third-order valence-electron chi connectivity index (χ3n) is 3.77. The average Bonchev–Trinajstić information content (AvgIpc) is 3.04. The van der Waals surface area contributed by atoms with E-state index in [-0.39, 0.29) is 11.8 Å². The Morgan fingerprint density at radius 3 is 2.67 bits per heavy atom. The lowest BCUT2D eigenvalue weighted by molar-refractivity contribution is 0.415. The smallest absolute Gasteiger partial charge is 0.417 e. The van der Waals surface area contributed by atoms with Gasteiger partial charge in [0, 0.05) is 11.4 Å². The van der Waals surface area contributed by atoms with Gasteiger partial charge in [0.1, 0.15) is 5.75 Å². The molecule has 2 aromatic heterocycles. The van der Waals surface area contributed by atoms with Gasteiger partial charge in [-0.05, 0) is 42.5 Å². The Kier molecular flexibility index (Phi) is 4.17. The summed E-state index contributed by atoms with van der Waals surface area (Å²) in [6.45, 7) is 0. The number of hydrogen-bond donors (Lipinski definition) is 3. The van der Waals surface area contributed by atoms with Crippen molar-refractivity contribution in [1.82, 2.24) is 15.0 Å². The second kappa shape index (κ2) is 6.79. The lowest BCUT2D eigenvalue weighted by atomic mass is 10.3. The summed E-state index contributed by atoms with van der Waals surface area (Å²) in [4.78, 5) is 21.9. The Morgan fingerprint density at radius 1 is 1.11 bits per heavy atom. The number of H-pyrrole nitrogens is 1. The zero-order valence-electron chi connectivity index (χ0n) is 14.1. The van der Waals surface area contributed by atoms with Crippen molar-refractivity contribution in [2.45, 2.75) is 0 Å². The third-order valence-corrected chi connectivity index (χ3v) is 3.77. The van der Waals surface area contributed by atoms with Crippen LogP contribution in [0.3, 0.4) is 0 Å².